The lowest BCUT2D eigenvalue weighted by atomic mass is 10.2. The average Bonchev–Trinajstić information content (AvgIpc) is 3.14. The number of halogens is 1. The molecule has 0 saturated carbocycles. The minimum atomic E-state index is -0.689. The van der Waals surface area contributed by atoms with Gasteiger partial charge < -0.3 is 18.7 Å². The number of hydrogen-bond acceptors (Lipinski definition) is 7. The summed E-state index contributed by atoms with van der Waals surface area (Å²) < 4.78 is 33.7. The second-order valence-corrected chi connectivity index (χ2v) is 5.16. The summed E-state index contributed by atoms with van der Waals surface area (Å²) in [7, 11) is 3.06. The highest BCUT2D eigenvalue weighted by Crippen LogP contribution is 2.31. The van der Waals surface area contributed by atoms with Crippen molar-refractivity contribution in [2.45, 2.75) is 6.61 Å². The van der Waals surface area contributed by atoms with E-state index >= 15 is 0 Å². The first-order valence-corrected chi connectivity index (χ1v) is 7.58. The van der Waals surface area contributed by atoms with Crippen LogP contribution < -0.4 is 9.47 Å². The lowest BCUT2D eigenvalue weighted by Gasteiger charge is -2.07. The van der Waals surface area contributed by atoms with Gasteiger partial charge in [0.25, 0.3) is 5.89 Å². The molecule has 3 aromatic rings. The summed E-state index contributed by atoms with van der Waals surface area (Å²) in [5.41, 5.74) is 0.696. The molecule has 26 heavy (non-hydrogen) atoms. The zero-order valence-electron chi connectivity index (χ0n) is 14.1. The second-order valence-electron chi connectivity index (χ2n) is 5.16. The van der Waals surface area contributed by atoms with Crippen LogP contribution in [-0.4, -0.2) is 30.3 Å². The van der Waals surface area contributed by atoms with Crippen molar-refractivity contribution < 1.29 is 27.9 Å². The molecule has 0 fully saturated rings. The maximum absolute atomic E-state index is 13.1. The number of nitrogens with zero attached hydrogens (tertiary/aromatic N) is 2. The van der Waals surface area contributed by atoms with Crippen molar-refractivity contribution >= 4 is 5.97 Å². The highest BCUT2D eigenvalue weighted by Gasteiger charge is 2.16. The molecule has 8 heteroatoms. The number of hydrogen-bond donors (Lipinski definition) is 0. The van der Waals surface area contributed by atoms with Crippen molar-refractivity contribution in [3.8, 4) is 22.9 Å². The molecule has 0 aliphatic heterocycles. The van der Waals surface area contributed by atoms with E-state index in [0.29, 0.717) is 17.1 Å². The van der Waals surface area contributed by atoms with Crippen LogP contribution >= 0.6 is 0 Å². The maximum atomic E-state index is 13.1. The van der Waals surface area contributed by atoms with Gasteiger partial charge in [-0.3, -0.25) is 0 Å². The fraction of sp³-hybridized carbons (Fsp3) is 0.167. The fourth-order valence-electron chi connectivity index (χ4n) is 2.23. The normalized spacial score (nSPS) is 10.4. The van der Waals surface area contributed by atoms with Gasteiger partial charge in [0, 0.05) is 6.07 Å². The molecule has 134 valence electrons. The number of rotatable bonds is 6. The molecule has 7 nitrogen and oxygen atoms in total. The van der Waals surface area contributed by atoms with Gasteiger partial charge in [-0.2, -0.15) is 4.98 Å². The Morgan fingerprint density at radius 2 is 2.00 bits per heavy atom. The number of ether oxygens (including phenoxy) is 3. The van der Waals surface area contributed by atoms with Crippen LogP contribution in [0.5, 0.6) is 11.5 Å². The smallest absolute Gasteiger partial charge is 0.338 e. The molecule has 0 saturated heterocycles. The van der Waals surface area contributed by atoms with Crippen LogP contribution in [-0.2, 0) is 11.3 Å². The molecule has 1 aromatic heterocycles. The predicted molar refractivity (Wildman–Crippen MR) is 88.4 cm³/mol. The molecule has 0 aliphatic rings. The van der Waals surface area contributed by atoms with Crippen molar-refractivity contribution in [3.05, 3.63) is 59.7 Å². The van der Waals surface area contributed by atoms with E-state index in [1.807, 2.05) is 0 Å². The van der Waals surface area contributed by atoms with Gasteiger partial charge >= 0.3 is 5.97 Å². The molecule has 1 heterocycles. The Balaban J connectivity index is 1.71. The molecule has 0 bridgehead atoms. The minimum absolute atomic E-state index is 0.0987. The number of carbonyl (C=O) groups is 1. The third kappa shape index (κ3) is 3.80. The molecule has 2 aromatic carbocycles. The van der Waals surface area contributed by atoms with Gasteiger partial charge in [-0.1, -0.05) is 11.2 Å². The van der Waals surface area contributed by atoms with Crippen LogP contribution in [0.3, 0.4) is 0 Å². The minimum Gasteiger partial charge on any atom is -0.497 e. The third-order valence-corrected chi connectivity index (χ3v) is 3.50. The van der Waals surface area contributed by atoms with Crippen molar-refractivity contribution in [2.24, 2.45) is 0 Å². The molecule has 0 radical (unpaired) electrons. The molecule has 0 spiro atoms. The molecular formula is C18H15FN2O5. The van der Waals surface area contributed by atoms with Crippen molar-refractivity contribution in [1.82, 2.24) is 10.1 Å². The molecule has 3 rings (SSSR count). The quantitative estimate of drug-likeness (QED) is 0.625. The fourth-order valence-corrected chi connectivity index (χ4v) is 2.23. The molecule has 0 N–H and O–H groups in total. The largest absolute Gasteiger partial charge is 0.497 e. The van der Waals surface area contributed by atoms with Gasteiger partial charge in [0.15, 0.2) is 6.61 Å². The van der Waals surface area contributed by atoms with E-state index in [1.54, 1.807) is 25.3 Å². The van der Waals surface area contributed by atoms with E-state index in [1.165, 1.54) is 25.3 Å². The summed E-state index contributed by atoms with van der Waals surface area (Å²) in [5, 5.41) is 3.86. The van der Waals surface area contributed by atoms with Crippen LogP contribution in [0.1, 0.15) is 16.2 Å². The average molecular weight is 358 g/mol. The highest BCUT2D eigenvalue weighted by molar-refractivity contribution is 5.89. The Morgan fingerprint density at radius 3 is 2.73 bits per heavy atom. The molecule has 0 amide bonds. The van der Waals surface area contributed by atoms with Crippen LogP contribution in [0, 0.1) is 5.82 Å². The Labute approximate surface area is 148 Å². The van der Waals surface area contributed by atoms with Crippen molar-refractivity contribution in [2.75, 3.05) is 14.2 Å². The van der Waals surface area contributed by atoms with Gasteiger partial charge in [-0.15, -0.1) is 0 Å². The number of carbonyl (C=O) groups excluding carboxylic acids is 1. The number of methoxy groups -OCH3 is 2. The Morgan fingerprint density at radius 1 is 1.15 bits per heavy atom. The number of esters is 1. The van der Waals surface area contributed by atoms with Crippen molar-refractivity contribution in [3.63, 3.8) is 0 Å². The van der Waals surface area contributed by atoms with Crippen LogP contribution in [0.4, 0.5) is 4.39 Å². The molecule has 0 unspecified atom stereocenters. The zero-order chi connectivity index (χ0) is 18.5. The Kier molecular flexibility index (Phi) is 5.12. The van der Waals surface area contributed by atoms with Gasteiger partial charge in [-0.05, 0) is 30.3 Å². The number of aromatic nitrogens is 2. The highest BCUT2D eigenvalue weighted by atomic mass is 19.1. The van der Waals surface area contributed by atoms with Gasteiger partial charge in [0.1, 0.15) is 17.3 Å². The predicted octanol–water partition coefficient (Wildman–Crippen LogP) is 3.25. The Bertz CT molecular complexity index is 925. The zero-order valence-corrected chi connectivity index (χ0v) is 14.1. The summed E-state index contributed by atoms with van der Waals surface area (Å²) >= 11 is 0. The molecular weight excluding hydrogens is 343 g/mol. The van der Waals surface area contributed by atoms with Crippen LogP contribution in [0.15, 0.2) is 47.0 Å². The SMILES string of the molecule is COc1ccc(-c2noc(COC(=O)c3cccc(F)c3)n2)c(OC)c1. The van der Waals surface area contributed by atoms with Crippen LogP contribution in [0.2, 0.25) is 0 Å². The maximum Gasteiger partial charge on any atom is 0.338 e. The first-order valence-electron chi connectivity index (χ1n) is 7.58. The number of benzene rings is 2. The molecule has 0 atom stereocenters. The van der Waals surface area contributed by atoms with E-state index in [9.17, 15) is 9.18 Å². The first kappa shape index (κ1) is 17.4. The first-order chi connectivity index (χ1) is 12.6. The van der Waals surface area contributed by atoms with E-state index in [0.717, 1.165) is 6.07 Å². The lowest BCUT2D eigenvalue weighted by molar-refractivity contribution is 0.0429. The summed E-state index contributed by atoms with van der Waals surface area (Å²) in [4.78, 5) is 16.1. The van der Waals surface area contributed by atoms with E-state index in [2.05, 4.69) is 10.1 Å². The van der Waals surface area contributed by atoms with Gasteiger partial charge in [-0.25, -0.2) is 9.18 Å². The standard InChI is InChI=1S/C18H15FN2O5/c1-23-13-6-7-14(15(9-13)24-2)17-20-16(26-21-17)10-25-18(22)11-4-3-5-12(19)8-11/h3-9H,10H2,1-2H3. The van der Waals surface area contributed by atoms with E-state index < -0.39 is 11.8 Å². The topological polar surface area (TPSA) is 83.7 Å². The van der Waals surface area contributed by atoms with E-state index in [-0.39, 0.29) is 23.9 Å². The second kappa shape index (κ2) is 7.64. The summed E-state index contributed by atoms with van der Waals surface area (Å²) in [6, 6.07) is 10.4. The van der Waals surface area contributed by atoms with Gasteiger partial charge in [0.05, 0.1) is 25.3 Å². The van der Waals surface area contributed by atoms with Gasteiger partial charge in [0.2, 0.25) is 5.82 Å². The summed E-state index contributed by atoms with van der Waals surface area (Å²) in [6.07, 6.45) is 0. The Hall–Kier alpha value is -3.42. The van der Waals surface area contributed by atoms with E-state index in [4.69, 9.17) is 18.7 Å². The monoisotopic (exact) mass is 358 g/mol. The summed E-state index contributed by atoms with van der Waals surface area (Å²) in [5.74, 6) is 0.299. The lowest BCUT2D eigenvalue weighted by Crippen LogP contribution is -2.05. The van der Waals surface area contributed by atoms with Crippen molar-refractivity contribution in [1.29, 1.82) is 0 Å². The van der Waals surface area contributed by atoms with Crippen LogP contribution in [0.25, 0.3) is 11.4 Å². The summed E-state index contributed by atoms with van der Waals surface area (Å²) in [6.45, 7) is -0.235. The molecule has 0 aliphatic carbocycles. The third-order valence-electron chi connectivity index (χ3n) is 3.50.